The molecule has 3 nitrogen and oxygen atoms in total. The largest absolute Gasteiger partial charge is 0.497 e. The Bertz CT molecular complexity index is 386. The Labute approximate surface area is 90.2 Å². The average Bonchev–Trinajstić information content (AvgIpc) is 2.16. The molecule has 0 fully saturated rings. The van der Waals surface area contributed by atoms with E-state index in [1.165, 1.54) is 0 Å². The average molecular weight is 205 g/mol. The van der Waals surface area contributed by atoms with Crippen LogP contribution in [-0.4, -0.2) is 12.7 Å². The summed E-state index contributed by atoms with van der Waals surface area (Å²) in [6.45, 7) is 5.83. The van der Waals surface area contributed by atoms with Crippen LogP contribution in [0.25, 0.3) is 0 Å². The monoisotopic (exact) mass is 205 g/mol. The first kappa shape index (κ1) is 11.4. The van der Waals surface area contributed by atoms with Gasteiger partial charge in [-0.3, -0.25) is 0 Å². The molecule has 0 spiro atoms. The lowest BCUT2D eigenvalue weighted by atomic mass is 10.1. The van der Waals surface area contributed by atoms with E-state index in [2.05, 4.69) is 6.07 Å². The highest BCUT2D eigenvalue weighted by Crippen LogP contribution is 2.26. The van der Waals surface area contributed by atoms with E-state index in [1.54, 1.807) is 25.3 Å². The Morgan fingerprint density at radius 1 is 1.27 bits per heavy atom. The molecular weight excluding hydrogens is 190 g/mol. The van der Waals surface area contributed by atoms with Gasteiger partial charge in [0.15, 0.2) is 0 Å². The Hall–Kier alpha value is -1.69. The van der Waals surface area contributed by atoms with Crippen LogP contribution in [-0.2, 0) is 0 Å². The summed E-state index contributed by atoms with van der Waals surface area (Å²) in [5.41, 5.74) is 0.185. The third-order valence-electron chi connectivity index (χ3n) is 1.72. The maximum atomic E-state index is 8.95. The molecule has 0 amide bonds. The minimum absolute atomic E-state index is 0.305. The van der Waals surface area contributed by atoms with Crippen LogP contribution in [0.2, 0.25) is 0 Å². The molecule has 0 aliphatic rings. The number of ether oxygens (including phenoxy) is 2. The van der Waals surface area contributed by atoms with Crippen LogP contribution in [0.1, 0.15) is 26.3 Å². The molecule has 0 aliphatic carbocycles. The molecule has 1 aromatic carbocycles. The van der Waals surface area contributed by atoms with Crippen LogP contribution >= 0.6 is 0 Å². The fraction of sp³-hybridized carbons (Fsp3) is 0.417. The first-order valence-electron chi connectivity index (χ1n) is 4.73. The van der Waals surface area contributed by atoms with Crippen molar-refractivity contribution in [3.05, 3.63) is 23.8 Å². The molecule has 15 heavy (non-hydrogen) atoms. The third kappa shape index (κ3) is 3.17. The van der Waals surface area contributed by atoms with Gasteiger partial charge in [-0.1, -0.05) is 0 Å². The van der Waals surface area contributed by atoms with Crippen molar-refractivity contribution in [2.45, 2.75) is 26.4 Å². The fourth-order valence-corrected chi connectivity index (χ4v) is 1.14. The van der Waals surface area contributed by atoms with Gasteiger partial charge in [-0.2, -0.15) is 5.26 Å². The van der Waals surface area contributed by atoms with Gasteiger partial charge in [-0.05, 0) is 32.9 Å². The third-order valence-corrected chi connectivity index (χ3v) is 1.72. The number of rotatable bonds is 2. The molecule has 0 heterocycles. The molecule has 0 unspecified atom stereocenters. The highest BCUT2D eigenvalue weighted by molar-refractivity contribution is 5.47. The molecule has 0 aromatic heterocycles. The lowest BCUT2D eigenvalue weighted by Crippen LogP contribution is -2.23. The summed E-state index contributed by atoms with van der Waals surface area (Å²) in [5, 5.41) is 8.95. The molecular formula is C12H15NO2. The fourth-order valence-electron chi connectivity index (χ4n) is 1.14. The molecule has 80 valence electrons. The molecule has 0 bridgehead atoms. The molecule has 0 N–H and O–H groups in total. The SMILES string of the molecule is COc1ccc(OC(C)(C)C)c(C#N)c1. The summed E-state index contributed by atoms with van der Waals surface area (Å²) in [6.07, 6.45) is 0. The van der Waals surface area contributed by atoms with Gasteiger partial charge in [0.1, 0.15) is 23.2 Å². The minimum Gasteiger partial charge on any atom is -0.497 e. The Kier molecular flexibility index (Phi) is 3.21. The van der Waals surface area contributed by atoms with E-state index in [9.17, 15) is 0 Å². The molecule has 3 heteroatoms. The van der Waals surface area contributed by atoms with E-state index in [0.717, 1.165) is 0 Å². The van der Waals surface area contributed by atoms with Gasteiger partial charge in [-0.15, -0.1) is 0 Å². The van der Waals surface area contributed by atoms with Gasteiger partial charge < -0.3 is 9.47 Å². The van der Waals surface area contributed by atoms with Crippen molar-refractivity contribution in [2.75, 3.05) is 7.11 Å². The standard InChI is InChI=1S/C12H15NO2/c1-12(2,3)15-11-6-5-10(14-4)7-9(11)8-13/h5-7H,1-4H3. The Morgan fingerprint density at radius 2 is 1.93 bits per heavy atom. The van der Waals surface area contributed by atoms with Crippen molar-refractivity contribution in [1.82, 2.24) is 0 Å². The van der Waals surface area contributed by atoms with Crippen LogP contribution in [0.4, 0.5) is 0 Å². The van der Waals surface area contributed by atoms with Crippen molar-refractivity contribution in [3.63, 3.8) is 0 Å². The van der Waals surface area contributed by atoms with Crippen molar-refractivity contribution >= 4 is 0 Å². The van der Waals surface area contributed by atoms with Crippen molar-refractivity contribution < 1.29 is 9.47 Å². The highest BCUT2D eigenvalue weighted by atomic mass is 16.5. The molecule has 0 atom stereocenters. The zero-order chi connectivity index (χ0) is 11.5. The zero-order valence-corrected chi connectivity index (χ0v) is 9.50. The number of nitriles is 1. The predicted octanol–water partition coefficient (Wildman–Crippen LogP) is 2.74. The van der Waals surface area contributed by atoms with Crippen LogP contribution in [0.5, 0.6) is 11.5 Å². The molecule has 0 radical (unpaired) electrons. The van der Waals surface area contributed by atoms with Gasteiger partial charge >= 0.3 is 0 Å². The number of hydrogen-bond donors (Lipinski definition) is 0. The second kappa shape index (κ2) is 4.22. The van der Waals surface area contributed by atoms with Crippen LogP contribution in [0.15, 0.2) is 18.2 Å². The lowest BCUT2D eigenvalue weighted by Gasteiger charge is -2.22. The summed E-state index contributed by atoms with van der Waals surface area (Å²) in [6, 6.07) is 7.29. The number of methoxy groups -OCH3 is 1. The number of benzene rings is 1. The molecule has 0 saturated carbocycles. The Morgan fingerprint density at radius 3 is 2.40 bits per heavy atom. The van der Waals surface area contributed by atoms with Crippen LogP contribution in [0.3, 0.4) is 0 Å². The number of nitrogens with zero attached hydrogens (tertiary/aromatic N) is 1. The summed E-state index contributed by atoms with van der Waals surface area (Å²) < 4.78 is 10.7. The summed E-state index contributed by atoms with van der Waals surface area (Å²) in [5.74, 6) is 1.25. The second-order valence-electron chi connectivity index (χ2n) is 4.19. The molecule has 1 aromatic rings. The lowest BCUT2D eigenvalue weighted by molar-refractivity contribution is 0.130. The second-order valence-corrected chi connectivity index (χ2v) is 4.19. The summed E-state index contributed by atoms with van der Waals surface area (Å²) in [4.78, 5) is 0. The first-order valence-corrected chi connectivity index (χ1v) is 4.73. The quantitative estimate of drug-likeness (QED) is 0.745. The zero-order valence-electron chi connectivity index (χ0n) is 9.50. The summed E-state index contributed by atoms with van der Waals surface area (Å²) >= 11 is 0. The van der Waals surface area contributed by atoms with Crippen LogP contribution in [0, 0.1) is 11.3 Å². The summed E-state index contributed by atoms with van der Waals surface area (Å²) in [7, 11) is 1.57. The first-order chi connectivity index (χ1) is 6.96. The molecule has 1 rings (SSSR count). The highest BCUT2D eigenvalue weighted by Gasteiger charge is 2.14. The van der Waals surface area contributed by atoms with Gasteiger partial charge in [0.05, 0.1) is 12.7 Å². The van der Waals surface area contributed by atoms with Gasteiger partial charge in [0, 0.05) is 6.07 Å². The van der Waals surface area contributed by atoms with Crippen molar-refractivity contribution in [3.8, 4) is 17.6 Å². The minimum atomic E-state index is -0.305. The Balaban J connectivity index is 3.04. The van der Waals surface area contributed by atoms with E-state index in [1.807, 2.05) is 20.8 Å². The molecule has 0 aliphatic heterocycles. The van der Waals surface area contributed by atoms with Crippen molar-refractivity contribution in [1.29, 1.82) is 5.26 Å². The van der Waals surface area contributed by atoms with Gasteiger partial charge in [0.2, 0.25) is 0 Å². The number of hydrogen-bond acceptors (Lipinski definition) is 3. The topological polar surface area (TPSA) is 42.2 Å². The van der Waals surface area contributed by atoms with E-state index in [-0.39, 0.29) is 5.60 Å². The van der Waals surface area contributed by atoms with E-state index >= 15 is 0 Å². The van der Waals surface area contributed by atoms with Gasteiger partial charge in [0.25, 0.3) is 0 Å². The smallest absolute Gasteiger partial charge is 0.138 e. The van der Waals surface area contributed by atoms with Crippen LogP contribution < -0.4 is 9.47 Å². The van der Waals surface area contributed by atoms with Gasteiger partial charge in [-0.25, -0.2) is 0 Å². The molecule has 0 saturated heterocycles. The maximum absolute atomic E-state index is 8.95. The van der Waals surface area contributed by atoms with Crippen molar-refractivity contribution in [2.24, 2.45) is 0 Å². The predicted molar refractivity (Wildman–Crippen MR) is 58.1 cm³/mol. The van der Waals surface area contributed by atoms with E-state index in [4.69, 9.17) is 14.7 Å². The van der Waals surface area contributed by atoms with E-state index < -0.39 is 0 Å². The van der Waals surface area contributed by atoms with E-state index in [0.29, 0.717) is 17.1 Å². The normalized spacial score (nSPS) is 10.6. The maximum Gasteiger partial charge on any atom is 0.138 e.